The molecule has 0 atom stereocenters. The fourth-order valence-electron chi connectivity index (χ4n) is 4.00. The number of benzene rings is 3. The van der Waals surface area contributed by atoms with Crippen molar-refractivity contribution in [2.24, 2.45) is 0 Å². The number of aromatic nitrogens is 1. The molecular weight excluding hydrogens is 430 g/mol. The van der Waals surface area contributed by atoms with Crippen molar-refractivity contribution >= 4 is 26.5 Å². The highest BCUT2D eigenvalue weighted by molar-refractivity contribution is 7.89. The molecule has 0 N–H and O–H groups in total. The molecule has 170 valence electrons. The molecule has 5 nitrogen and oxygen atoms in total. The predicted octanol–water partition coefficient (Wildman–Crippen LogP) is 5.47. The Bertz CT molecular complexity index is 1300. The number of sulfonamides is 1. The third-order valence-corrected chi connectivity index (χ3v) is 7.65. The maximum atomic E-state index is 13.7. The van der Waals surface area contributed by atoms with E-state index in [4.69, 9.17) is 0 Å². The smallest absolute Gasteiger partial charge is 0.243 e. The summed E-state index contributed by atoms with van der Waals surface area (Å²) in [5.41, 5.74) is 2.93. The Kier molecular flexibility index (Phi) is 7.06. The minimum atomic E-state index is -3.73. The van der Waals surface area contributed by atoms with E-state index in [2.05, 4.69) is 35.9 Å². The van der Waals surface area contributed by atoms with Crippen LogP contribution in [0.5, 0.6) is 0 Å². The first-order valence-corrected chi connectivity index (χ1v) is 12.7. The SMILES string of the molecule is CCN(CC)c1ccc(CN(Cc2cccnc2)S(=O)(=O)c2ccc3ccccc3c2)cc1. The van der Waals surface area contributed by atoms with Crippen LogP contribution in [0.25, 0.3) is 10.8 Å². The van der Waals surface area contributed by atoms with E-state index < -0.39 is 10.0 Å². The van der Waals surface area contributed by atoms with Crippen molar-refractivity contribution in [2.75, 3.05) is 18.0 Å². The van der Waals surface area contributed by atoms with Gasteiger partial charge >= 0.3 is 0 Å². The molecule has 6 heteroatoms. The van der Waals surface area contributed by atoms with E-state index in [1.54, 1.807) is 24.5 Å². The molecule has 0 aliphatic heterocycles. The first kappa shape index (κ1) is 23.0. The molecule has 0 bridgehead atoms. The molecule has 0 fully saturated rings. The van der Waals surface area contributed by atoms with Crippen LogP contribution in [-0.4, -0.2) is 30.8 Å². The van der Waals surface area contributed by atoms with Crippen LogP contribution in [0.15, 0.2) is 96.2 Å². The summed E-state index contributed by atoms with van der Waals surface area (Å²) in [7, 11) is -3.73. The number of fused-ring (bicyclic) bond motifs is 1. The van der Waals surface area contributed by atoms with Crippen molar-refractivity contribution in [1.82, 2.24) is 9.29 Å². The summed E-state index contributed by atoms with van der Waals surface area (Å²) in [6, 6.07) is 25.0. The Labute approximate surface area is 196 Å². The van der Waals surface area contributed by atoms with Gasteiger partial charge in [-0.2, -0.15) is 4.31 Å². The molecule has 33 heavy (non-hydrogen) atoms. The summed E-state index contributed by atoms with van der Waals surface area (Å²) in [6.07, 6.45) is 3.41. The maximum Gasteiger partial charge on any atom is 0.243 e. The van der Waals surface area contributed by atoms with Crippen LogP contribution in [0, 0.1) is 0 Å². The lowest BCUT2D eigenvalue weighted by molar-refractivity contribution is 0.401. The first-order chi connectivity index (χ1) is 16.0. The third-order valence-electron chi connectivity index (χ3n) is 5.86. The molecule has 1 aromatic heterocycles. The first-order valence-electron chi connectivity index (χ1n) is 11.2. The van der Waals surface area contributed by atoms with Crippen LogP contribution in [0.3, 0.4) is 0 Å². The molecule has 1 heterocycles. The molecule has 4 aromatic rings. The van der Waals surface area contributed by atoms with Gasteiger partial charge in [0.15, 0.2) is 0 Å². The van der Waals surface area contributed by atoms with Gasteiger partial charge in [0.25, 0.3) is 0 Å². The molecule has 0 saturated heterocycles. The second kappa shape index (κ2) is 10.1. The van der Waals surface area contributed by atoms with Crippen LogP contribution in [-0.2, 0) is 23.1 Å². The highest BCUT2D eigenvalue weighted by atomic mass is 32.2. The van der Waals surface area contributed by atoms with Crippen LogP contribution < -0.4 is 4.90 Å². The van der Waals surface area contributed by atoms with E-state index in [0.717, 1.165) is 40.7 Å². The molecule has 0 aliphatic rings. The van der Waals surface area contributed by atoms with E-state index in [-0.39, 0.29) is 13.1 Å². The van der Waals surface area contributed by atoms with E-state index in [0.29, 0.717) is 4.90 Å². The van der Waals surface area contributed by atoms with Gasteiger partial charge < -0.3 is 4.90 Å². The van der Waals surface area contributed by atoms with Crippen LogP contribution >= 0.6 is 0 Å². The highest BCUT2D eigenvalue weighted by Gasteiger charge is 2.25. The van der Waals surface area contributed by atoms with Gasteiger partial charge in [0, 0.05) is 44.3 Å². The molecule has 0 spiro atoms. The highest BCUT2D eigenvalue weighted by Crippen LogP contribution is 2.25. The van der Waals surface area contributed by atoms with Gasteiger partial charge in [-0.1, -0.05) is 48.5 Å². The lowest BCUT2D eigenvalue weighted by atomic mass is 10.1. The Morgan fingerprint density at radius 2 is 1.45 bits per heavy atom. The lowest BCUT2D eigenvalue weighted by Crippen LogP contribution is -2.30. The van der Waals surface area contributed by atoms with Crippen LogP contribution in [0.4, 0.5) is 5.69 Å². The predicted molar refractivity (Wildman–Crippen MR) is 135 cm³/mol. The van der Waals surface area contributed by atoms with Gasteiger partial charge in [-0.15, -0.1) is 0 Å². The average molecular weight is 460 g/mol. The number of anilines is 1. The Balaban J connectivity index is 1.68. The Morgan fingerprint density at radius 1 is 0.758 bits per heavy atom. The second-order valence-electron chi connectivity index (χ2n) is 7.98. The van der Waals surface area contributed by atoms with Crippen LogP contribution in [0.1, 0.15) is 25.0 Å². The summed E-state index contributed by atoms with van der Waals surface area (Å²) in [6.45, 7) is 6.65. The van der Waals surface area contributed by atoms with Crippen LogP contribution in [0.2, 0.25) is 0 Å². The standard InChI is InChI=1S/C27H29N3O2S/c1-3-29(4-2)26-14-11-22(12-15-26)20-30(21-23-8-7-17-28-19-23)33(31,32)27-16-13-24-9-5-6-10-25(24)18-27/h5-19H,3-4,20-21H2,1-2H3. The number of hydrogen-bond acceptors (Lipinski definition) is 4. The Hall–Kier alpha value is -3.22. The summed E-state index contributed by atoms with van der Waals surface area (Å²) in [4.78, 5) is 6.73. The number of hydrogen-bond donors (Lipinski definition) is 0. The lowest BCUT2D eigenvalue weighted by Gasteiger charge is -2.24. The molecule has 0 unspecified atom stereocenters. The molecular formula is C27H29N3O2S. The van der Waals surface area contributed by atoms with Crippen molar-refractivity contribution in [3.8, 4) is 0 Å². The number of rotatable bonds is 9. The monoisotopic (exact) mass is 459 g/mol. The number of pyridine rings is 1. The normalized spacial score (nSPS) is 11.7. The topological polar surface area (TPSA) is 53.5 Å². The van der Waals surface area contributed by atoms with Gasteiger partial charge in [0.1, 0.15) is 0 Å². The number of nitrogens with zero attached hydrogens (tertiary/aromatic N) is 3. The van der Waals surface area contributed by atoms with E-state index >= 15 is 0 Å². The minimum absolute atomic E-state index is 0.251. The van der Waals surface area contributed by atoms with Gasteiger partial charge in [0.2, 0.25) is 10.0 Å². The van der Waals surface area contributed by atoms with Crippen molar-refractivity contribution < 1.29 is 8.42 Å². The zero-order valence-corrected chi connectivity index (χ0v) is 19.9. The van der Waals surface area contributed by atoms with Crippen molar-refractivity contribution in [3.05, 3.63) is 102 Å². The fourth-order valence-corrected chi connectivity index (χ4v) is 5.45. The maximum absolute atomic E-state index is 13.7. The summed E-state index contributed by atoms with van der Waals surface area (Å²) < 4.78 is 29.0. The van der Waals surface area contributed by atoms with Crippen molar-refractivity contribution in [1.29, 1.82) is 0 Å². The quantitative estimate of drug-likeness (QED) is 0.333. The molecule has 3 aromatic carbocycles. The van der Waals surface area contributed by atoms with E-state index in [1.807, 2.05) is 54.6 Å². The van der Waals surface area contributed by atoms with Gasteiger partial charge in [-0.3, -0.25) is 4.98 Å². The van der Waals surface area contributed by atoms with Crippen molar-refractivity contribution in [3.63, 3.8) is 0 Å². The molecule has 0 aliphatic carbocycles. The summed E-state index contributed by atoms with van der Waals surface area (Å²) in [5.74, 6) is 0. The Morgan fingerprint density at radius 3 is 2.12 bits per heavy atom. The molecule has 0 amide bonds. The van der Waals surface area contributed by atoms with Gasteiger partial charge in [0.05, 0.1) is 4.90 Å². The third kappa shape index (κ3) is 5.24. The summed E-state index contributed by atoms with van der Waals surface area (Å²) in [5, 5.41) is 1.92. The fraction of sp³-hybridized carbons (Fsp3) is 0.222. The van der Waals surface area contributed by atoms with E-state index in [1.165, 1.54) is 4.31 Å². The zero-order chi connectivity index (χ0) is 23.3. The summed E-state index contributed by atoms with van der Waals surface area (Å²) >= 11 is 0. The molecule has 0 radical (unpaired) electrons. The minimum Gasteiger partial charge on any atom is -0.372 e. The average Bonchev–Trinajstić information content (AvgIpc) is 2.85. The second-order valence-corrected chi connectivity index (χ2v) is 9.92. The van der Waals surface area contributed by atoms with E-state index in [9.17, 15) is 8.42 Å². The van der Waals surface area contributed by atoms with Gasteiger partial charge in [-0.25, -0.2) is 8.42 Å². The molecule has 0 saturated carbocycles. The zero-order valence-electron chi connectivity index (χ0n) is 19.1. The molecule has 4 rings (SSSR count). The van der Waals surface area contributed by atoms with Gasteiger partial charge in [-0.05, 0) is 66.1 Å². The van der Waals surface area contributed by atoms with Crippen molar-refractivity contribution in [2.45, 2.75) is 31.8 Å². The largest absolute Gasteiger partial charge is 0.372 e.